The first-order chi connectivity index (χ1) is 11.0. The summed E-state index contributed by atoms with van der Waals surface area (Å²) >= 11 is 8.21. The van der Waals surface area contributed by atoms with Gasteiger partial charge in [0.15, 0.2) is 0 Å². The van der Waals surface area contributed by atoms with Gasteiger partial charge in [0.25, 0.3) is 0 Å². The van der Waals surface area contributed by atoms with Crippen LogP contribution in [0.1, 0.15) is 15.9 Å². The lowest BCUT2D eigenvalue weighted by Crippen LogP contribution is -2.08. The van der Waals surface area contributed by atoms with E-state index >= 15 is 0 Å². The minimum atomic E-state index is -0.611. The second kappa shape index (κ2) is 7.90. The molecule has 0 aliphatic heterocycles. The van der Waals surface area contributed by atoms with Gasteiger partial charge in [0, 0.05) is 26.8 Å². The van der Waals surface area contributed by atoms with E-state index in [-0.39, 0.29) is 16.3 Å². The van der Waals surface area contributed by atoms with E-state index in [1.54, 1.807) is 6.07 Å². The van der Waals surface area contributed by atoms with Crippen LogP contribution in [0.25, 0.3) is 11.1 Å². The van der Waals surface area contributed by atoms with Gasteiger partial charge in [-0.2, -0.15) is 0 Å². The molecule has 0 unspecified atom stereocenters. The molecule has 0 aliphatic carbocycles. The summed E-state index contributed by atoms with van der Waals surface area (Å²) in [5.41, 5.74) is 7.73. The van der Waals surface area contributed by atoms with Crippen molar-refractivity contribution in [2.45, 2.75) is 0 Å². The Kier molecular flexibility index (Phi) is 6.16. The Morgan fingerprint density at radius 1 is 1.43 bits per heavy atom. The zero-order chi connectivity index (χ0) is 17.0. The summed E-state index contributed by atoms with van der Waals surface area (Å²) in [6.45, 7) is 0. The first kappa shape index (κ1) is 17.9. The fourth-order valence-electron chi connectivity index (χ4n) is 2.09. The van der Waals surface area contributed by atoms with E-state index in [0.29, 0.717) is 16.7 Å². The molecule has 0 aromatic heterocycles. The van der Waals surface area contributed by atoms with Crippen LogP contribution in [0.3, 0.4) is 0 Å². The molecule has 118 valence electrons. The van der Waals surface area contributed by atoms with Crippen LogP contribution >= 0.6 is 41.7 Å². The van der Waals surface area contributed by atoms with E-state index in [4.69, 9.17) is 22.1 Å². The van der Waals surface area contributed by atoms with Gasteiger partial charge in [-0.05, 0) is 37.9 Å². The Bertz CT molecular complexity index is 833. The Balaban J connectivity index is 2.82. The molecule has 3 nitrogen and oxygen atoms in total. The molecule has 2 aromatic rings. The highest BCUT2D eigenvalue weighted by Crippen LogP contribution is 2.37. The van der Waals surface area contributed by atoms with E-state index < -0.39 is 11.8 Å². The first-order valence-electron chi connectivity index (χ1n) is 6.24. The molecule has 0 radical (unpaired) electrons. The zero-order valence-corrected chi connectivity index (χ0v) is 15.6. The van der Waals surface area contributed by atoms with Crippen molar-refractivity contribution < 1.29 is 13.9 Å². The lowest BCUT2D eigenvalue weighted by molar-refractivity contribution is 0.0601. The van der Waals surface area contributed by atoms with E-state index in [1.807, 2.05) is 21.2 Å². The smallest absolute Gasteiger partial charge is 0.338 e. The van der Waals surface area contributed by atoms with Gasteiger partial charge >= 0.3 is 5.97 Å². The highest BCUT2D eigenvalue weighted by atomic mass is 127. The van der Waals surface area contributed by atoms with Crippen molar-refractivity contribution >= 4 is 53.4 Å². The van der Waals surface area contributed by atoms with Crippen LogP contribution in [0.15, 0.2) is 30.3 Å². The van der Waals surface area contributed by atoms with Gasteiger partial charge in [-0.3, -0.25) is 0 Å². The van der Waals surface area contributed by atoms with Crippen LogP contribution < -0.4 is 5.73 Å². The molecule has 0 bridgehead atoms. The molecule has 0 spiro atoms. The number of carbonyl (C=O) groups excluding carboxylic acids is 1. The molecule has 2 aromatic carbocycles. The zero-order valence-electron chi connectivity index (χ0n) is 11.8. The highest BCUT2D eigenvalue weighted by Gasteiger charge is 2.21. The lowest BCUT2D eigenvalue weighted by atomic mass is 9.94. The molecule has 7 heteroatoms. The molecule has 2 rings (SSSR count). The number of nitrogen functional groups attached to an aromatic ring is 1. The number of benzene rings is 2. The van der Waals surface area contributed by atoms with Gasteiger partial charge in [0.2, 0.25) is 0 Å². The third kappa shape index (κ3) is 3.91. The quantitative estimate of drug-likeness (QED) is 0.299. The van der Waals surface area contributed by atoms with Gasteiger partial charge in [0.05, 0.1) is 28.9 Å². The molecule has 0 amide bonds. The number of methoxy groups -OCH3 is 1. The van der Waals surface area contributed by atoms with E-state index in [2.05, 4.69) is 11.2 Å². The van der Waals surface area contributed by atoms with Crippen LogP contribution in [-0.2, 0) is 4.74 Å². The summed E-state index contributed by atoms with van der Waals surface area (Å²) in [7, 11) is 2.53. The predicted octanol–water partition coefficient (Wildman–Crippen LogP) is 4.91. The number of nitrogens with two attached hydrogens (primary N) is 1. The standard InChI is InChI=1S/C16H10ClFINO2S/c1-22-16(21)12-8-13(17)11(5-6-23-19)15(20)14(12)9-3-2-4-10(18)7-9/h2-4,7-8H,20H2,1H3. The number of halogens is 3. The molecule has 0 aliphatic rings. The van der Waals surface area contributed by atoms with Gasteiger partial charge in [-0.25, -0.2) is 9.18 Å². The normalized spacial score (nSPS) is 9.91. The second-order valence-corrected chi connectivity index (χ2v) is 6.46. The minimum absolute atomic E-state index is 0.160. The lowest BCUT2D eigenvalue weighted by Gasteiger charge is -2.14. The van der Waals surface area contributed by atoms with Crippen LogP contribution in [0.2, 0.25) is 5.02 Å². The highest BCUT2D eigenvalue weighted by molar-refractivity contribution is 14.2. The van der Waals surface area contributed by atoms with Gasteiger partial charge in [0.1, 0.15) is 5.82 Å². The van der Waals surface area contributed by atoms with Crippen molar-refractivity contribution in [3.05, 3.63) is 52.3 Å². The Labute approximate surface area is 154 Å². The van der Waals surface area contributed by atoms with Crippen LogP contribution in [-0.4, -0.2) is 13.1 Å². The monoisotopic (exact) mass is 461 g/mol. The number of hydrogen-bond acceptors (Lipinski definition) is 4. The number of esters is 1. The molecule has 2 N–H and O–H groups in total. The largest absolute Gasteiger partial charge is 0.465 e. The van der Waals surface area contributed by atoms with Crippen LogP contribution in [0, 0.1) is 17.0 Å². The fourth-order valence-corrected chi connectivity index (χ4v) is 2.82. The maximum atomic E-state index is 13.6. The van der Waals surface area contributed by atoms with Gasteiger partial charge < -0.3 is 10.5 Å². The third-order valence-corrected chi connectivity index (χ3v) is 4.19. The Hall–Kier alpha value is -1.43. The Morgan fingerprint density at radius 3 is 2.78 bits per heavy atom. The van der Waals surface area contributed by atoms with Gasteiger partial charge in [-0.1, -0.05) is 29.7 Å². The average molecular weight is 462 g/mol. The van der Waals surface area contributed by atoms with E-state index in [0.717, 1.165) is 0 Å². The minimum Gasteiger partial charge on any atom is -0.465 e. The molecule has 0 saturated heterocycles. The first-order valence-corrected chi connectivity index (χ1v) is 9.98. The number of ether oxygens (including phenoxy) is 1. The molecule has 0 atom stereocenters. The van der Waals surface area contributed by atoms with E-state index in [1.165, 1.54) is 40.3 Å². The molecular formula is C16H10ClFINO2S. The molecule has 23 heavy (non-hydrogen) atoms. The average Bonchev–Trinajstić information content (AvgIpc) is 2.53. The van der Waals surface area contributed by atoms with Crippen LogP contribution in [0.4, 0.5) is 10.1 Å². The number of anilines is 1. The summed E-state index contributed by atoms with van der Waals surface area (Å²) in [6.07, 6.45) is 0. The van der Waals surface area contributed by atoms with Crippen molar-refractivity contribution in [1.29, 1.82) is 0 Å². The summed E-state index contributed by atoms with van der Waals surface area (Å²) in [4.78, 5) is 12.1. The third-order valence-electron chi connectivity index (χ3n) is 3.05. The maximum absolute atomic E-state index is 13.6. The molecule has 0 fully saturated rings. The molecule has 0 heterocycles. The summed E-state index contributed by atoms with van der Waals surface area (Å²) < 4.78 is 18.3. The summed E-state index contributed by atoms with van der Waals surface area (Å²) in [5.74, 6) is 1.79. The van der Waals surface area contributed by atoms with Crippen LogP contribution in [0.5, 0.6) is 0 Å². The van der Waals surface area contributed by atoms with Crippen molar-refractivity contribution in [3.8, 4) is 22.3 Å². The predicted molar refractivity (Wildman–Crippen MR) is 101 cm³/mol. The Morgan fingerprint density at radius 2 is 2.17 bits per heavy atom. The second-order valence-electron chi connectivity index (χ2n) is 4.38. The van der Waals surface area contributed by atoms with Crippen molar-refractivity contribution in [2.75, 3.05) is 12.8 Å². The van der Waals surface area contributed by atoms with Crippen molar-refractivity contribution in [3.63, 3.8) is 0 Å². The maximum Gasteiger partial charge on any atom is 0.338 e. The number of carbonyl (C=O) groups is 1. The summed E-state index contributed by atoms with van der Waals surface area (Å²) in [6, 6.07) is 7.22. The van der Waals surface area contributed by atoms with Crippen molar-refractivity contribution in [2.24, 2.45) is 0 Å². The fraction of sp³-hybridized carbons (Fsp3) is 0.0625. The van der Waals surface area contributed by atoms with Crippen molar-refractivity contribution in [1.82, 2.24) is 0 Å². The SMILES string of the molecule is COC(=O)c1cc(Cl)c(C#CSI)c(N)c1-c1cccc(F)c1. The molecular weight excluding hydrogens is 452 g/mol. The number of hydrogen-bond donors (Lipinski definition) is 1. The number of rotatable bonds is 2. The van der Waals surface area contributed by atoms with Gasteiger partial charge in [-0.15, -0.1) is 0 Å². The topological polar surface area (TPSA) is 52.3 Å². The summed E-state index contributed by atoms with van der Waals surface area (Å²) in [5, 5.41) is 3.03. The van der Waals surface area contributed by atoms with E-state index in [9.17, 15) is 9.18 Å². The molecule has 0 saturated carbocycles.